The summed E-state index contributed by atoms with van der Waals surface area (Å²) >= 11 is 1.87. The summed E-state index contributed by atoms with van der Waals surface area (Å²) in [4.78, 5) is 2.55. The lowest BCUT2D eigenvalue weighted by molar-refractivity contribution is 0.767. The smallest absolute Gasteiger partial charge is 0.0714 e. The van der Waals surface area contributed by atoms with Gasteiger partial charge in [0, 0.05) is 31.5 Å². The Bertz CT molecular complexity index is 3290. The van der Waals surface area contributed by atoms with Crippen LogP contribution in [0.25, 0.3) is 42.4 Å². The van der Waals surface area contributed by atoms with E-state index >= 15 is 0 Å². The Labute approximate surface area is 377 Å². The van der Waals surface area contributed by atoms with Crippen LogP contribution in [0.5, 0.6) is 0 Å². The van der Waals surface area contributed by atoms with Crippen molar-refractivity contribution in [2.75, 3.05) is 4.90 Å². The Morgan fingerprint density at radius 1 is 0.297 bits per heavy atom. The first-order valence-electron chi connectivity index (χ1n) is 22.2. The van der Waals surface area contributed by atoms with Crippen molar-refractivity contribution < 1.29 is 0 Å². The van der Waals surface area contributed by atoms with E-state index in [1.807, 2.05) is 11.3 Å². The third-order valence-electron chi connectivity index (χ3n) is 14.0. The highest BCUT2D eigenvalue weighted by molar-refractivity contribution is 7.26. The monoisotopic (exact) mass is 831 g/mol. The van der Waals surface area contributed by atoms with Gasteiger partial charge in [0.25, 0.3) is 0 Å². The maximum absolute atomic E-state index is 2.55. The predicted octanol–water partition coefficient (Wildman–Crippen LogP) is 16.3. The van der Waals surface area contributed by atoms with E-state index in [2.05, 4.69) is 254 Å². The molecule has 0 saturated heterocycles. The van der Waals surface area contributed by atoms with Crippen molar-refractivity contribution in [2.24, 2.45) is 0 Å². The largest absolute Gasteiger partial charge is 0.310 e. The van der Waals surface area contributed by atoms with Crippen LogP contribution in [0.2, 0.25) is 0 Å². The van der Waals surface area contributed by atoms with E-state index < -0.39 is 10.8 Å². The molecule has 0 atom stereocenters. The second-order valence-corrected chi connectivity index (χ2v) is 18.2. The third-order valence-corrected chi connectivity index (χ3v) is 15.2. The Kier molecular flexibility index (Phi) is 8.28. The Morgan fingerprint density at radius 2 is 0.688 bits per heavy atom. The van der Waals surface area contributed by atoms with Gasteiger partial charge in [-0.25, -0.2) is 0 Å². The summed E-state index contributed by atoms with van der Waals surface area (Å²) in [6.45, 7) is 0. The van der Waals surface area contributed by atoms with E-state index in [0.717, 1.165) is 17.1 Å². The SMILES string of the molecule is c1ccc(C2(c3ccccc3)c3ccccc3-c3ccc(N(c4ccc5c(c4)C(c4ccccc4)(c4ccccc4)c4ccccc4-5)c4cccc5sc6ccccc6c45)cc32)cc1. The molecule has 11 aromatic rings. The van der Waals surface area contributed by atoms with Crippen LogP contribution >= 0.6 is 11.3 Å². The maximum atomic E-state index is 2.55. The zero-order chi connectivity index (χ0) is 42.2. The molecule has 64 heavy (non-hydrogen) atoms. The summed E-state index contributed by atoms with van der Waals surface area (Å²) in [5, 5.41) is 2.54. The van der Waals surface area contributed by atoms with E-state index in [9.17, 15) is 0 Å². The molecule has 13 rings (SSSR count). The Balaban J connectivity index is 1.13. The van der Waals surface area contributed by atoms with Gasteiger partial charge < -0.3 is 4.90 Å². The van der Waals surface area contributed by atoms with Gasteiger partial charge in [0.05, 0.1) is 16.5 Å². The highest BCUT2D eigenvalue weighted by Crippen LogP contribution is 2.60. The summed E-state index contributed by atoms with van der Waals surface area (Å²) in [5.74, 6) is 0. The molecular formula is C62H41NS. The first-order chi connectivity index (χ1) is 31.8. The highest BCUT2D eigenvalue weighted by atomic mass is 32.1. The fourth-order valence-electron chi connectivity index (χ4n) is 11.5. The van der Waals surface area contributed by atoms with Gasteiger partial charge in [-0.1, -0.05) is 206 Å². The number of rotatable bonds is 7. The molecule has 1 aromatic heterocycles. The third kappa shape index (κ3) is 5.12. The number of benzene rings is 10. The number of nitrogens with zero attached hydrogens (tertiary/aromatic N) is 1. The molecule has 0 unspecified atom stereocenters. The van der Waals surface area contributed by atoms with Gasteiger partial charge in [0.2, 0.25) is 0 Å². The standard InChI is InChI=1S/C62H41NS/c1-5-20-42(21-6-1)61(43-22-7-2-8-23-43)53-31-16-13-28-48(53)50-38-36-46(40-55(50)61)63(57-33-19-35-59-60(57)52-30-15-18-34-58(52)64-59)47-37-39-51-49-29-14-17-32-54(49)62(56(51)41-47,44-24-9-3-10-25-44)45-26-11-4-12-27-45/h1-41H. The molecule has 300 valence electrons. The first-order valence-corrected chi connectivity index (χ1v) is 23.0. The normalized spacial score (nSPS) is 13.9. The molecule has 2 aliphatic rings. The van der Waals surface area contributed by atoms with Gasteiger partial charge in [-0.15, -0.1) is 11.3 Å². The number of hydrogen-bond donors (Lipinski definition) is 0. The van der Waals surface area contributed by atoms with E-state index in [1.54, 1.807) is 0 Å². The van der Waals surface area contributed by atoms with Gasteiger partial charge in [-0.2, -0.15) is 0 Å². The van der Waals surface area contributed by atoms with E-state index in [1.165, 1.54) is 86.9 Å². The Hall–Kier alpha value is -7.78. The Morgan fingerprint density at radius 3 is 1.17 bits per heavy atom. The fraction of sp³-hybridized carbons (Fsp3) is 0.0323. The summed E-state index contributed by atoms with van der Waals surface area (Å²) < 4.78 is 2.56. The summed E-state index contributed by atoms with van der Waals surface area (Å²) in [6, 6.07) is 92.8. The van der Waals surface area contributed by atoms with E-state index in [0.29, 0.717) is 0 Å². The molecule has 0 fully saturated rings. The van der Waals surface area contributed by atoms with Crippen LogP contribution in [-0.2, 0) is 10.8 Å². The van der Waals surface area contributed by atoms with Gasteiger partial charge in [-0.05, 0) is 109 Å². The lowest BCUT2D eigenvalue weighted by Crippen LogP contribution is -2.29. The molecule has 2 heteroatoms. The van der Waals surface area contributed by atoms with Crippen molar-refractivity contribution in [2.45, 2.75) is 10.8 Å². The van der Waals surface area contributed by atoms with Crippen LogP contribution in [0.3, 0.4) is 0 Å². The minimum absolute atomic E-state index is 0.535. The molecule has 0 spiro atoms. The lowest BCUT2D eigenvalue weighted by atomic mass is 9.67. The molecular weight excluding hydrogens is 791 g/mol. The minimum Gasteiger partial charge on any atom is -0.310 e. The minimum atomic E-state index is -0.535. The lowest BCUT2D eigenvalue weighted by Gasteiger charge is -2.36. The van der Waals surface area contributed by atoms with Crippen LogP contribution in [0.4, 0.5) is 17.1 Å². The summed E-state index contributed by atoms with van der Waals surface area (Å²) in [5.41, 5.74) is 17.6. The molecule has 0 amide bonds. The van der Waals surface area contributed by atoms with Gasteiger partial charge in [0.1, 0.15) is 0 Å². The number of thiophene rings is 1. The molecule has 2 aliphatic carbocycles. The number of anilines is 3. The molecule has 10 aromatic carbocycles. The van der Waals surface area contributed by atoms with Crippen LogP contribution in [0.15, 0.2) is 249 Å². The summed E-state index contributed by atoms with van der Waals surface area (Å²) in [7, 11) is 0. The van der Waals surface area contributed by atoms with Crippen molar-refractivity contribution in [3.8, 4) is 22.3 Å². The molecule has 1 heterocycles. The van der Waals surface area contributed by atoms with Crippen molar-refractivity contribution >= 4 is 48.6 Å². The second-order valence-electron chi connectivity index (χ2n) is 17.1. The molecule has 0 bridgehead atoms. The van der Waals surface area contributed by atoms with Crippen LogP contribution < -0.4 is 4.90 Å². The maximum Gasteiger partial charge on any atom is 0.0714 e. The van der Waals surface area contributed by atoms with Gasteiger partial charge in [0.15, 0.2) is 0 Å². The van der Waals surface area contributed by atoms with Crippen molar-refractivity contribution in [3.05, 3.63) is 293 Å². The van der Waals surface area contributed by atoms with Gasteiger partial charge in [-0.3, -0.25) is 0 Å². The van der Waals surface area contributed by atoms with E-state index in [4.69, 9.17) is 0 Å². The second kappa shape index (κ2) is 14.4. The molecule has 0 radical (unpaired) electrons. The highest BCUT2D eigenvalue weighted by Gasteiger charge is 2.48. The van der Waals surface area contributed by atoms with Gasteiger partial charge >= 0.3 is 0 Å². The topological polar surface area (TPSA) is 3.24 Å². The van der Waals surface area contributed by atoms with Crippen LogP contribution in [0, 0.1) is 0 Å². The van der Waals surface area contributed by atoms with Crippen molar-refractivity contribution in [1.82, 2.24) is 0 Å². The molecule has 1 nitrogen and oxygen atoms in total. The fourth-order valence-corrected chi connectivity index (χ4v) is 12.6. The van der Waals surface area contributed by atoms with Crippen LogP contribution in [-0.4, -0.2) is 0 Å². The zero-order valence-corrected chi connectivity index (χ0v) is 35.8. The van der Waals surface area contributed by atoms with Crippen LogP contribution in [0.1, 0.15) is 44.5 Å². The predicted molar refractivity (Wildman–Crippen MR) is 269 cm³/mol. The van der Waals surface area contributed by atoms with Crippen molar-refractivity contribution in [3.63, 3.8) is 0 Å². The quantitative estimate of drug-likeness (QED) is 0.155. The van der Waals surface area contributed by atoms with Crippen molar-refractivity contribution in [1.29, 1.82) is 0 Å². The molecule has 0 saturated carbocycles. The van der Waals surface area contributed by atoms with E-state index in [-0.39, 0.29) is 0 Å². The zero-order valence-electron chi connectivity index (χ0n) is 35.0. The number of hydrogen-bond acceptors (Lipinski definition) is 2. The number of fused-ring (bicyclic) bond motifs is 9. The molecule has 0 N–H and O–H groups in total. The molecule has 0 aliphatic heterocycles. The summed E-state index contributed by atoms with van der Waals surface area (Å²) in [6.07, 6.45) is 0. The average Bonchev–Trinajstić information content (AvgIpc) is 4.00. The first kappa shape index (κ1) is 36.8. The average molecular weight is 832 g/mol.